The van der Waals surface area contributed by atoms with Gasteiger partial charge in [0.1, 0.15) is 0 Å². The molecule has 1 aromatic rings. The van der Waals surface area contributed by atoms with E-state index in [0.29, 0.717) is 5.33 Å². The first kappa shape index (κ1) is 12.4. The van der Waals surface area contributed by atoms with E-state index >= 15 is 0 Å². The Bertz CT molecular complexity index is 361. The van der Waals surface area contributed by atoms with Crippen LogP contribution in [-0.2, 0) is 6.54 Å². The summed E-state index contributed by atoms with van der Waals surface area (Å²) >= 11 is 3.19. The van der Waals surface area contributed by atoms with Crippen molar-refractivity contribution in [1.29, 1.82) is 0 Å². The molecule has 0 heterocycles. The van der Waals surface area contributed by atoms with Crippen LogP contribution in [0.5, 0.6) is 0 Å². The van der Waals surface area contributed by atoms with Gasteiger partial charge in [-0.2, -0.15) is 0 Å². The van der Waals surface area contributed by atoms with Crippen molar-refractivity contribution in [2.75, 3.05) is 19.4 Å². The molecule has 0 amide bonds. The zero-order chi connectivity index (χ0) is 11.4. The molecule has 0 aromatic heterocycles. The molecule has 0 unspecified atom stereocenters. The first-order chi connectivity index (χ1) is 7.04. The van der Waals surface area contributed by atoms with Crippen LogP contribution < -0.4 is 0 Å². The monoisotopic (exact) mass is 269 g/mol. The minimum atomic E-state index is 0.143. The van der Waals surface area contributed by atoms with Gasteiger partial charge in [0.15, 0.2) is 5.78 Å². The molecule has 15 heavy (non-hydrogen) atoms. The van der Waals surface area contributed by atoms with E-state index in [1.807, 2.05) is 33.2 Å². The van der Waals surface area contributed by atoms with Gasteiger partial charge in [0.25, 0.3) is 0 Å². The second-order valence-corrected chi connectivity index (χ2v) is 4.50. The Morgan fingerprint density at radius 2 is 2.07 bits per heavy atom. The number of halogens is 1. The predicted octanol–water partition coefficient (Wildman–Crippen LogP) is 2.63. The zero-order valence-electron chi connectivity index (χ0n) is 9.38. The third-order valence-corrected chi connectivity index (χ3v) is 2.72. The molecule has 0 aliphatic heterocycles. The van der Waals surface area contributed by atoms with Gasteiger partial charge in [-0.05, 0) is 32.1 Å². The van der Waals surface area contributed by atoms with Crippen LogP contribution in [0.25, 0.3) is 0 Å². The molecule has 0 aliphatic rings. The van der Waals surface area contributed by atoms with Gasteiger partial charge in [0, 0.05) is 12.1 Å². The Hall–Kier alpha value is -0.670. The minimum absolute atomic E-state index is 0.143. The first-order valence-corrected chi connectivity index (χ1v) is 6.00. The number of benzene rings is 1. The summed E-state index contributed by atoms with van der Waals surface area (Å²) in [4.78, 5) is 13.6. The van der Waals surface area contributed by atoms with Crippen LogP contribution >= 0.6 is 15.9 Å². The molecule has 0 saturated heterocycles. The van der Waals surface area contributed by atoms with E-state index in [0.717, 1.165) is 17.7 Å². The first-order valence-electron chi connectivity index (χ1n) is 4.88. The average Bonchev–Trinajstić information content (AvgIpc) is 2.16. The fourth-order valence-electron chi connectivity index (χ4n) is 1.57. The van der Waals surface area contributed by atoms with Crippen molar-refractivity contribution in [2.24, 2.45) is 0 Å². The highest BCUT2D eigenvalue weighted by Crippen LogP contribution is 2.13. The summed E-state index contributed by atoms with van der Waals surface area (Å²) in [5, 5.41) is 0.390. The summed E-state index contributed by atoms with van der Waals surface area (Å²) < 4.78 is 0. The van der Waals surface area contributed by atoms with Gasteiger partial charge in [-0.15, -0.1) is 0 Å². The Morgan fingerprint density at radius 1 is 1.40 bits per heavy atom. The maximum Gasteiger partial charge on any atom is 0.173 e. The van der Waals surface area contributed by atoms with E-state index in [1.54, 1.807) is 0 Å². The summed E-state index contributed by atoms with van der Waals surface area (Å²) in [6.07, 6.45) is 0. The van der Waals surface area contributed by atoms with Gasteiger partial charge in [-0.3, -0.25) is 4.79 Å². The largest absolute Gasteiger partial charge is 0.305 e. The number of rotatable bonds is 4. The van der Waals surface area contributed by atoms with Gasteiger partial charge in [-0.1, -0.05) is 34.1 Å². The number of hydrogen-bond donors (Lipinski definition) is 0. The molecule has 0 atom stereocenters. The van der Waals surface area contributed by atoms with Crippen LogP contribution in [0.2, 0.25) is 0 Å². The van der Waals surface area contributed by atoms with Crippen LogP contribution in [0, 0.1) is 6.92 Å². The van der Waals surface area contributed by atoms with E-state index in [-0.39, 0.29) is 5.78 Å². The molecule has 2 nitrogen and oxygen atoms in total. The van der Waals surface area contributed by atoms with Crippen molar-refractivity contribution in [2.45, 2.75) is 13.5 Å². The predicted molar refractivity (Wildman–Crippen MR) is 66.7 cm³/mol. The quantitative estimate of drug-likeness (QED) is 0.619. The second kappa shape index (κ2) is 5.42. The molecular weight excluding hydrogens is 254 g/mol. The Morgan fingerprint density at radius 3 is 2.53 bits per heavy atom. The molecule has 1 rings (SSSR count). The van der Waals surface area contributed by atoms with E-state index in [4.69, 9.17) is 0 Å². The molecule has 0 saturated carbocycles. The third-order valence-electron chi connectivity index (χ3n) is 2.21. The molecule has 0 N–H and O–H groups in total. The Labute approximate surface area is 99.4 Å². The summed E-state index contributed by atoms with van der Waals surface area (Å²) in [6.45, 7) is 2.89. The van der Waals surface area contributed by atoms with Crippen LogP contribution in [0.3, 0.4) is 0 Å². The highest BCUT2D eigenvalue weighted by molar-refractivity contribution is 9.09. The fraction of sp³-hybridized carbons (Fsp3) is 0.417. The fourth-order valence-corrected chi connectivity index (χ4v) is 1.88. The van der Waals surface area contributed by atoms with Gasteiger partial charge in [0.05, 0.1) is 5.33 Å². The lowest BCUT2D eigenvalue weighted by Crippen LogP contribution is -2.11. The van der Waals surface area contributed by atoms with Crippen LogP contribution in [0.1, 0.15) is 21.5 Å². The van der Waals surface area contributed by atoms with Crippen LogP contribution in [0.4, 0.5) is 0 Å². The zero-order valence-corrected chi connectivity index (χ0v) is 11.0. The van der Waals surface area contributed by atoms with Crippen LogP contribution in [-0.4, -0.2) is 30.1 Å². The molecule has 0 radical (unpaired) electrons. The van der Waals surface area contributed by atoms with Crippen LogP contribution in [0.15, 0.2) is 18.2 Å². The van der Waals surface area contributed by atoms with Gasteiger partial charge < -0.3 is 4.90 Å². The van der Waals surface area contributed by atoms with E-state index < -0.39 is 0 Å². The van der Waals surface area contributed by atoms with Crippen molar-refractivity contribution >= 4 is 21.7 Å². The number of alkyl halides is 1. The number of carbonyl (C=O) groups is 1. The lowest BCUT2D eigenvalue weighted by Gasteiger charge is -2.11. The lowest BCUT2D eigenvalue weighted by molar-refractivity contribution is 0.102. The highest BCUT2D eigenvalue weighted by atomic mass is 79.9. The second-order valence-electron chi connectivity index (χ2n) is 3.94. The molecule has 82 valence electrons. The smallest absolute Gasteiger partial charge is 0.173 e. The average molecular weight is 270 g/mol. The highest BCUT2D eigenvalue weighted by Gasteiger charge is 2.07. The van der Waals surface area contributed by atoms with E-state index in [9.17, 15) is 4.79 Å². The maximum atomic E-state index is 11.5. The molecule has 0 bridgehead atoms. The van der Waals surface area contributed by atoms with Gasteiger partial charge in [-0.25, -0.2) is 0 Å². The molecule has 0 aliphatic carbocycles. The number of Topliss-reactive ketones (excluding diaryl/α,β-unsaturated/α-hetero) is 1. The van der Waals surface area contributed by atoms with Gasteiger partial charge >= 0.3 is 0 Å². The number of carbonyl (C=O) groups excluding carboxylic acids is 1. The molecule has 0 fully saturated rings. The Balaban J connectivity index is 2.93. The summed E-state index contributed by atoms with van der Waals surface area (Å²) in [5.41, 5.74) is 3.11. The number of ketones is 1. The van der Waals surface area contributed by atoms with Crippen molar-refractivity contribution in [3.05, 3.63) is 34.9 Å². The number of nitrogens with zero attached hydrogens (tertiary/aromatic N) is 1. The summed E-state index contributed by atoms with van der Waals surface area (Å²) in [5.74, 6) is 0.143. The lowest BCUT2D eigenvalue weighted by atomic mass is 10.0. The van der Waals surface area contributed by atoms with Crippen molar-refractivity contribution in [3.8, 4) is 0 Å². The topological polar surface area (TPSA) is 20.3 Å². The van der Waals surface area contributed by atoms with E-state index in [1.165, 1.54) is 5.56 Å². The van der Waals surface area contributed by atoms with Crippen molar-refractivity contribution in [1.82, 2.24) is 4.90 Å². The standard InChI is InChI=1S/C12H16BrNO/c1-9-6-10(8-14(2)3)4-5-11(9)12(15)7-13/h4-6H,7-8H2,1-3H3. The molecular formula is C12H16BrNO. The molecule has 1 aromatic carbocycles. The number of aryl methyl sites for hydroxylation is 1. The SMILES string of the molecule is Cc1cc(CN(C)C)ccc1C(=O)CBr. The summed E-state index contributed by atoms with van der Waals surface area (Å²) in [7, 11) is 4.07. The normalized spacial score (nSPS) is 10.7. The van der Waals surface area contributed by atoms with Gasteiger partial charge in [0.2, 0.25) is 0 Å². The van der Waals surface area contributed by atoms with Crippen molar-refractivity contribution in [3.63, 3.8) is 0 Å². The third kappa shape index (κ3) is 3.43. The minimum Gasteiger partial charge on any atom is -0.305 e. The summed E-state index contributed by atoms with van der Waals surface area (Å²) in [6, 6.07) is 6.01. The maximum absolute atomic E-state index is 11.5. The molecule has 0 spiro atoms. The number of hydrogen-bond acceptors (Lipinski definition) is 2. The van der Waals surface area contributed by atoms with Crippen molar-refractivity contribution < 1.29 is 4.79 Å². The molecule has 3 heteroatoms. The Kier molecular flexibility index (Phi) is 4.48. The van der Waals surface area contributed by atoms with E-state index in [2.05, 4.69) is 26.9 Å².